The maximum Gasteiger partial charge on any atom is 0.234 e. The Balaban J connectivity index is 1.75. The van der Waals surface area contributed by atoms with E-state index in [2.05, 4.69) is 41.1 Å². The number of rotatable bonds is 8. The Morgan fingerprint density at radius 1 is 1.32 bits per heavy atom. The third-order valence-corrected chi connectivity index (χ3v) is 5.02. The van der Waals surface area contributed by atoms with Crippen molar-refractivity contribution in [3.63, 3.8) is 0 Å². The summed E-state index contributed by atoms with van der Waals surface area (Å²) in [4.78, 5) is 16.8. The first-order valence-corrected chi connectivity index (χ1v) is 9.45. The van der Waals surface area contributed by atoms with E-state index >= 15 is 0 Å². The van der Waals surface area contributed by atoms with Gasteiger partial charge in [0.05, 0.1) is 12.6 Å². The maximum absolute atomic E-state index is 12.3. The largest absolute Gasteiger partial charge is 0.392 e. The molecule has 0 unspecified atom stereocenters. The summed E-state index contributed by atoms with van der Waals surface area (Å²) in [6.45, 7) is 10.6. The zero-order chi connectivity index (χ0) is 18.2. The number of nitrogens with zero attached hydrogens (tertiary/aromatic N) is 2. The predicted molar refractivity (Wildman–Crippen MR) is 102 cm³/mol. The zero-order valence-corrected chi connectivity index (χ0v) is 15.8. The van der Waals surface area contributed by atoms with Crippen LogP contribution in [0.3, 0.4) is 0 Å². The number of hydrogen-bond donors (Lipinski definition) is 2. The van der Waals surface area contributed by atoms with E-state index in [-0.39, 0.29) is 12.0 Å². The molecule has 140 valence electrons. The van der Waals surface area contributed by atoms with Crippen LogP contribution in [0.2, 0.25) is 0 Å². The molecule has 3 atom stereocenters. The van der Waals surface area contributed by atoms with Crippen LogP contribution in [0.4, 0.5) is 0 Å². The minimum Gasteiger partial charge on any atom is -0.392 e. The van der Waals surface area contributed by atoms with Gasteiger partial charge < -0.3 is 10.4 Å². The summed E-state index contributed by atoms with van der Waals surface area (Å²) in [5.74, 6) is 0.470. The Bertz CT molecular complexity index is 521. The molecule has 0 saturated carbocycles. The molecule has 2 N–H and O–H groups in total. The summed E-state index contributed by atoms with van der Waals surface area (Å²) < 4.78 is 0. The molecule has 1 amide bonds. The lowest BCUT2D eigenvalue weighted by Gasteiger charge is -2.40. The standard InChI is InChI=1S/C20H33N3O2/c1-4-18(19-8-6-5-7-9-19)12-21-20(25)15-22-10-11-23(14-17(3)24)16(2)13-22/h5-9,16-18,24H,4,10-15H2,1-3H3,(H,21,25)/t16-,17-,18-/m1/s1. The highest BCUT2D eigenvalue weighted by Crippen LogP contribution is 2.18. The first kappa shape index (κ1) is 19.9. The number of aliphatic hydroxyl groups is 1. The SMILES string of the molecule is CC[C@H](CNC(=O)CN1CCN(C[C@@H](C)O)[C@H](C)C1)c1ccccc1. The van der Waals surface area contributed by atoms with E-state index in [0.29, 0.717) is 31.6 Å². The van der Waals surface area contributed by atoms with Gasteiger partial charge in [-0.3, -0.25) is 14.6 Å². The fourth-order valence-corrected chi connectivity index (χ4v) is 3.54. The van der Waals surface area contributed by atoms with Crippen molar-refractivity contribution in [2.45, 2.75) is 45.3 Å². The Kier molecular flexibility index (Phi) is 7.88. The third-order valence-electron chi connectivity index (χ3n) is 5.02. The molecule has 0 spiro atoms. The van der Waals surface area contributed by atoms with Crippen molar-refractivity contribution in [2.24, 2.45) is 0 Å². The summed E-state index contributed by atoms with van der Waals surface area (Å²) in [5, 5.41) is 12.7. The summed E-state index contributed by atoms with van der Waals surface area (Å²) in [6.07, 6.45) is 0.709. The molecule has 1 heterocycles. The molecule has 1 fully saturated rings. The van der Waals surface area contributed by atoms with Gasteiger partial charge in [-0.25, -0.2) is 0 Å². The van der Waals surface area contributed by atoms with E-state index in [1.165, 1.54) is 5.56 Å². The van der Waals surface area contributed by atoms with E-state index in [1.54, 1.807) is 0 Å². The Morgan fingerprint density at radius 2 is 2.04 bits per heavy atom. The normalized spacial score (nSPS) is 21.7. The lowest BCUT2D eigenvalue weighted by Crippen LogP contribution is -2.55. The molecule has 2 rings (SSSR count). The van der Waals surface area contributed by atoms with E-state index < -0.39 is 0 Å². The molecule has 1 aromatic carbocycles. The number of carbonyl (C=O) groups excluding carboxylic acids is 1. The van der Waals surface area contributed by atoms with Gasteiger partial charge in [0.15, 0.2) is 0 Å². The summed E-state index contributed by atoms with van der Waals surface area (Å²) in [7, 11) is 0. The monoisotopic (exact) mass is 347 g/mol. The van der Waals surface area contributed by atoms with Crippen molar-refractivity contribution >= 4 is 5.91 Å². The molecular weight excluding hydrogens is 314 g/mol. The van der Waals surface area contributed by atoms with E-state index in [4.69, 9.17) is 0 Å². The number of carbonyl (C=O) groups is 1. The molecule has 5 nitrogen and oxygen atoms in total. The Labute approximate surface area is 152 Å². The maximum atomic E-state index is 12.3. The van der Waals surface area contributed by atoms with Gasteiger partial charge in [-0.05, 0) is 25.8 Å². The third kappa shape index (κ3) is 6.42. The van der Waals surface area contributed by atoms with Crippen LogP contribution in [-0.2, 0) is 4.79 Å². The van der Waals surface area contributed by atoms with Gasteiger partial charge in [0, 0.05) is 44.7 Å². The second-order valence-corrected chi connectivity index (χ2v) is 7.25. The minimum absolute atomic E-state index is 0.102. The van der Waals surface area contributed by atoms with E-state index in [0.717, 1.165) is 26.1 Å². The van der Waals surface area contributed by atoms with Crippen LogP contribution in [0.1, 0.15) is 38.7 Å². The second-order valence-electron chi connectivity index (χ2n) is 7.25. The average molecular weight is 348 g/mol. The first-order chi connectivity index (χ1) is 12.0. The van der Waals surface area contributed by atoms with Crippen LogP contribution < -0.4 is 5.32 Å². The van der Waals surface area contributed by atoms with Crippen LogP contribution in [-0.4, -0.2) is 72.2 Å². The molecule has 25 heavy (non-hydrogen) atoms. The number of benzene rings is 1. The van der Waals surface area contributed by atoms with Gasteiger partial charge in [0.2, 0.25) is 5.91 Å². The molecule has 1 aromatic rings. The number of β-amino-alcohol motifs (C(OH)–C–C–N with tert-alkyl or cyclic N) is 1. The Morgan fingerprint density at radius 3 is 2.64 bits per heavy atom. The van der Waals surface area contributed by atoms with Crippen LogP contribution in [0.25, 0.3) is 0 Å². The van der Waals surface area contributed by atoms with Gasteiger partial charge in [-0.2, -0.15) is 0 Å². The average Bonchev–Trinajstić information content (AvgIpc) is 2.58. The molecule has 0 radical (unpaired) electrons. The number of piperazine rings is 1. The van der Waals surface area contributed by atoms with E-state index in [1.807, 2.05) is 25.1 Å². The van der Waals surface area contributed by atoms with Crippen molar-refractivity contribution < 1.29 is 9.90 Å². The zero-order valence-electron chi connectivity index (χ0n) is 15.8. The van der Waals surface area contributed by atoms with Crippen LogP contribution >= 0.6 is 0 Å². The fourth-order valence-electron chi connectivity index (χ4n) is 3.54. The number of aliphatic hydroxyl groups excluding tert-OH is 1. The highest BCUT2D eigenvalue weighted by molar-refractivity contribution is 5.78. The smallest absolute Gasteiger partial charge is 0.234 e. The molecule has 1 aliphatic heterocycles. The molecule has 1 aliphatic rings. The second kappa shape index (κ2) is 9.90. The predicted octanol–water partition coefficient (Wildman–Crippen LogP) is 1.68. The van der Waals surface area contributed by atoms with Gasteiger partial charge in [0.25, 0.3) is 0 Å². The van der Waals surface area contributed by atoms with Gasteiger partial charge >= 0.3 is 0 Å². The molecule has 1 saturated heterocycles. The Hall–Kier alpha value is -1.43. The van der Waals surface area contributed by atoms with Gasteiger partial charge in [-0.1, -0.05) is 37.3 Å². The molecule has 0 aliphatic carbocycles. The molecular formula is C20H33N3O2. The van der Waals surface area contributed by atoms with Gasteiger partial charge in [0.1, 0.15) is 0 Å². The lowest BCUT2D eigenvalue weighted by atomic mass is 9.96. The highest BCUT2D eigenvalue weighted by atomic mass is 16.3. The first-order valence-electron chi connectivity index (χ1n) is 9.45. The van der Waals surface area contributed by atoms with Crippen molar-refractivity contribution in [1.82, 2.24) is 15.1 Å². The van der Waals surface area contributed by atoms with Gasteiger partial charge in [-0.15, -0.1) is 0 Å². The van der Waals surface area contributed by atoms with E-state index in [9.17, 15) is 9.90 Å². The summed E-state index contributed by atoms with van der Waals surface area (Å²) in [5.41, 5.74) is 1.28. The van der Waals surface area contributed by atoms with Crippen LogP contribution in [0.15, 0.2) is 30.3 Å². The number of nitrogens with one attached hydrogen (secondary N) is 1. The van der Waals surface area contributed by atoms with Crippen molar-refractivity contribution in [2.75, 3.05) is 39.3 Å². The van der Waals surface area contributed by atoms with Crippen molar-refractivity contribution in [3.05, 3.63) is 35.9 Å². The fraction of sp³-hybridized carbons (Fsp3) is 0.650. The minimum atomic E-state index is -0.304. The summed E-state index contributed by atoms with van der Waals surface area (Å²) >= 11 is 0. The molecule has 0 bridgehead atoms. The number of hydrogen-bond acceptors (Lipinski definition) is 4. The van der Waals surface area contributed by atoms with Crippen LogP contribution in [0.5, 0.6) is 0 Å². The number of amides is 1. The summed E-state index contributed by atoms with van der Waals surface area (Å²) in [6, 6.07) is 10.7. The van der Waals surface area contributed by atoms with Crippen molar-refractivity contribution in [3.8, 4) is 0 Å². The molecule has 0 aromatic heterocycles. The molecule has 5 heteroatoms. The topological polar surface area (TPSA) is 55.8 Å². The lowest BCUT2D eigenvalue weighted by molar-refractivity contribution is -0.123. The quantitative estimate of drug-likeness (QED) is 0.751. The van der Waals surface area contributed by atoms with Crippen LogP contribution in [0, 0.1) is 0 Å². The van der Waals surface area contributed by atoms with Crippen molar-refractivity contribution in [1.29, 1.82) is 0 Å². The highest BCUT2D eigenvalue weighted by Gasteiger charge is 2.25.